The summed E-state index contributed by atoms with van der Waals surface area (Å²) in [5.74, 6) is 0.335. The number of phenols is 1. The second-order valence-corrected chi connectivity index (χ2v) is 8.35. The van der Waals surface area contributed by atoms with Gasteiger partial charge in [0.2, 0.25) is 0 Å². The maximum absolute atomic E-state index is 10.1. The molecule has 0 amide bonds. The van der Waals surface area contributed by atoms with E-state index in [1.807, 2.05) is 12.1 Å². The molecule has 1 aromatic rings. The van der Waals surface area contributed by atoms with Gasteiger partial charge in [0, 0.05) is 15.2 Å². The van der Waals surface area contributed by atoms with Crippen molar-refractivity contribution in [1.82, 2.24) is 10.6 Å². The molecule has 24 heavy (non-hydrogen) atoms. The van der Waals surface area contributed by atoms with Gasteiger partial charge in [-0.1, -0.05) is 21.5 Å². The number of hydrogen-bond acceptors (Lipinski definition) is 3. The summed E-state index contributed by atoms with van der Waals surface area (Å²) in [6.07, 6.45) is 8.41. The number of halogens is 2. The van der Waals surface area contributed by atoms with Crippen LogP contribution in [0, 0.1) is 0 Å². The predicted octanol–water partition coefficient (Wildman–Crippen LogP) is 4.37. The first-order valence-electron chi connectivity index (χ1n) is 8.40. The Balaban J connectivity index is 1.93. The van der Waals surface area contributed by atoms with Crippen molar-refractivity contribution < 1.29 is 5.11 Å². The van der Waals surface area contributed by atoms with Crippen LogP contribution in [0.15, 0.2) is 44.5 Å². The number of dihydropyridines is 1. The van der Waals surface area contributed by atoms with E-state index in [0.717, 1.165) is 47.7 Å². The second kappa shape index (κ2) is 6.70. The molecule has 2 aliphatic heterocycles. The summed E-state index contributed by atoms with van der Waals surface area (Å²) in [4.78, 5) is 0. The minimum Gasteiger partial charge on any atom is -0.508 e. The molecule has 0 radical (unpaired) electrons. The highest BCUT2D eigenvalue weighted by molar-refractivity contribution is 9.12. The van der Waals surface area contributed by atoms with Crippen LogP contribution in [0.1, 0.15) is 30.4 Å². The fraction of sp³-hybridized carbons (Fsp3) is 0.368. The van der Waals surface area contributed by atoms with E-state index in [-0.39, 0.29) is 6.04 Å². The first-order valence-corrected chi connectivity index (χ1v) is 9.98. The lowest BCUT2D eigenvalue weighted by Crippen LogP contribution is -2.33. The minimum absolute atomic E-state index is 0.224. The summed E-state index contributed by atoms with van der Waals surface area (Å²) in [7, 11) is 0. The van der Waals surface area contributed by atoms with Crippen LogP contribution in [-0.2, 0) is 6.42 Å². The number of allylic oxidation sites excluding steroid dienone is 2. The molecule has 2 heterocycles. The normalized spacial score (nSPS) is 23.5. The molecule has 3 nitrogen and oxygen atoms in total. The molecule has 1 saturated heterocycles. The number of fused-ring (bicyclic) bond motifs is 2. The van der Waals surface area contributed by atoms with Crippen LogP contribution in [0.25, 0.3) is 5.57 Å². The van der Waals surface area contributed by atoms with Crippen LogP contribution >= 0.6 is 31.9 Å². The standard InChI is InChI=1S/C19H20Br2N2O/c20-14-7-13-2-1-12-8-15(24)9-16(21)17(12)18(19(13)23-10-14)11-3-5-22-6-4-11/h7-10,19,22-24H,1-6H2. The Morgan fingerprint density at radius 3 is 2.62 bits per heavy atom. The highest BCUT2D eigenvalue weighted by Gasteiger charge is 2.31. The van der Waals surface area contributed by atoms with Gasteiger partial charge in [-0.3, -0.25) is 0 Å². The predicted molar refractivity (Wildman–Crippen MR) is 105 cm³/mol. The van der Waals surface area contributed by atoms with E-state index in [0.29, 0.717) is 5.75 Å². The van der Waals surface area contributed by atoms with Crippen molar-refractivity contribution in [3.05, 3.63) is 55.6 Å². The van der Waals surface area contributed by atoms with Crippen molar-refractivity contribution in [2.24, 2.45) is 0 Å². The fourth-order valence-electron chi connectivity index (χ4n) is 4.01. The smallest absolute Gasteiger partial charge is 0.117 e. The van der Waals surface area contributed by atoms with Gasteiger partial charge in [-0.05, 0) is 95.2 Å². The van der Waals surface area contributed by atoms with E-state index in [1.54, 1.807) is 0 Å². The van der Waals surface area contributed by atoms with Gasteiger partial charge in [-0.25, -0.2) is 0 Å². The Bertz CT molecular complexity index is 772. The van der Waals surface area contributed by atoms with Gasteiger partial charge >= 0.3 is 0 Å². The van der Waals surface area contributed by atoms with Crippen LogP contribution in [0.5, 0.6) is 5.75 Å². The van der Waals surface area contributed by atoms with Gasteiger partial charge in [0.1, 0.15) is 5.75 Å². The Hall–Kier alpha value is -1.04. The van der Waals surface area contributed by atoms with Crippen molar-refractivity contribution in [3.8, 4) is 5.75 Å². The summed E-state index contributed by atoms with van der Waals surface area (Å²) < 4.78 is 2.09. The molecule has 1 fully saturated rings. The summed E-state index contributed by atoms with van der Waals surface area (Å²) in [6.45, 7) is 2.07. The maximum Gasteiger partial charge on any atom is 0.117 e. The zero-order chi connectivity index (χ0) is 16.7. The number of rotatable bonds is 0. The number of phenolic OH excluding ortho intramolecular Hbond substituents is 1. The lowest BCUT2D eigenvalue weighted by Gasteiger charge is -2.30. The van der Waals surface area contributed by atoms with Crippen LogP contribution in [0.4, 0.5) is 0 Å². The van der Waals surface area contributed by atoms with Crippen LogP contribution < -0.4 is 10.6 Å². The van der Waals surface area contributed by atoms with Crippen molar-refractivity contribution in [2.75, 3.05) is 13.1 Å². The Morgan fingerprint density at radius 1 is 1.04 bits per heavy atom. The molecule has 0 bridgehead atoms. The third-order valence-corrected chi connectivity index (χ3v) is 6.15. The number of hydrogen-bond donors (Lipinski definition) is 3. The van der Waals surface area contributed by atoms with Crippen molar-refractivity contribution in [1.29, 1.82) is 0 Å². The maximum atomic E-state index is 10.1. The molecule has 4 rings (SSSR count). The molecular weight excluding hydrogens is 432 g/mol. The lowest BCUT2D eigenvalue weighted by molar-refractivity contribution is 0.474. The molecule has 1 unspecified atom stereocenters. The van der Waals surface area contributed by atoms with E-state index < -0.39 is 0 Å². The fourth-order valence-corrected chi connectivity index (χ4v) is 5.13. The van der Waals surface area contributed by atoms with Gasteiger partial charge in [-0.15, -0.1) is 0 Å². The lowest BCUT2D eigenvalue weighted by atomic mass is 9.85. The highest BCUT2D eigenvalue weighted by atomic mass is 79.9. The summed E-state index contributed by atoms with van der Waals surface area (Å²) in [5, 5.41) is 17.1. The average Bonchev–Trinajstić information content (AvgIpc) is 2.72. The molecule has 0 saturated carbocycles. The third kappa shape index (κ3) is 2.98. The summed E-state index contributed by atoms with van der Waals surface area (Å²) in [6, 6.07) is 3.98. The van der Waals surface area contributed by atoms with Gasteiger partial charge < -0.3 is 15.7 Å². The number of piperidine rings is 1. The summed E-state index contributed by atoms with van der Waals surface area (Å²) in [5.41, 5.74) is 6.85. The number of aromatic hydroxyl groups is 1. The number of benzene rings is 1. The van der Waals surface area contributed by atoms with E-state index in [2.05, 4.69) is 54.8 Å². The topological polar surface area (TPSA) is 44.3 Å². The zero-order valence-corrected chi connectivity index (χ0v) is 16.5. The third-order valence-electron chi connectivity index (χ3n) is 5.07. The molecule has 1 aliphatic carbocycles. The quantitative estimate of drug-likeness (QED) is 0.548. The van der Waals surface area contributed by atoms with E-state index in [4.69, 9.17) is 0 Å². The average molecular weight is 452 g/mol. The molecule has 126 valence electrons. The number of nitrogens with one attached hydrogen (secondary N) is 2. The van der Waals surface area contributed by atoms with Crippen molar-refractivity contribution in [3.63, 3.8) is 0 Å². The van der Waals surface area contributed by atoms with Crippen molar-refractivity contribution in [2.45, 2.75) is 31.7 Å². The molecule has 1 atom stereocenters. The first-order chi connectivity index (χ1) is 11.6. The van der Waals surface area contributed by atoms with Crippen molar-refractivity contribution >= 4 is 37.4 Å². The van der Waals surface area contributed by atoms with Crippen LogP contribution in [-0.4, -0.2) is 24.2 Å². The molecule has 0 aromatic heterocycles. The Kier molecular flexibility index (Phi) is 4.58. The van der Waals surface area contributed by atoms with Gasteiger partial charge in [0.05, 0.1) is 6.04 Å². The zero-order valence-electron chi connectivity index (χ0n) is 13.3. The van der Waals surface area contributed by atoms with E-state index in [1.165, 1.54) is 27.8 Å². The van der Waals surface area contributed by atoms with Gasteiger partial charge in [-0.2, -0.15) is 0 Å². The SMILES string of the molecule is Oc1cc(Br)c2c(c1)CCC1=CC(Br)=CNC1C2=C1CCNCC1. The largest absolute Gasteiger partial charge is 0.508 e. The monoisotopic (exact) mass is 450 g/mol. The molecule has 3 aliphatic rings. The molecule has 1 aromatic carbocycles. The van der Waals surface area contributed by atoms with Gasteiger partial charge in [0.25, 0.3) is 0 Å². The van der Waals surface area contributed by atoms with Crippen LogP contribution in [0.2, 0.25) is 0 Å². The Labute approximate surface area is 159 Å². The Morgan fingerprint density at radius 2 is 1.83 bits per heavy atom. The first kappa shape index (κ1) is 16.4. The molecule has 3 N–H and O–H groups in total. The highest BCUT2D eigenvalue weighted by Crippen LogP contribution is 2.43. The minimum atomic E-state index is 0.224. The molecular formula is C19H20Br2N2O. The van der Waals surface area contributed by atoms with E-state index >= 15 is 0 Å². The molecule has 5 heteroatoms. The number of aryl methyl sites for hydroxylation is 1. The molecule has 0 spiro atoms. The van der Waals surface area contributed by atoms with Crippen LogP contribution in [0.3, 0.4) is 0 Å². The summed E-state index contributed by atoms with van der Waals surface area (Å²) >= 11 is 7.32. The second-order valence-electron chi connectivity index (χ2n) is 6.58. The van der Waals surface area contributed by atoms with Gasteiger partial charge in [0.15, 0.2) is 0 Å². The van der Waals surface area contributed by atoms with E-state index in [9.17, 15) is 5.11 Å².